The van der Waals surface area contributed by atoms with Crippen molar-refractivity contribution in [2.24, 2.45) is 5.73 Å². The predicted octanol–water partition coefficient (Wildman–Crippen LogP) is 2.52. The molecule has 0 aromatic carbocycles. The Hall–Kier alpha value is -2.95. The Balaban J connectivity index is 0.000000184. The molecule has 0 saturated heterocycles. The van der Waals surface area contributed by atoms with Gasteiger partial charge in [-0.3, -0.25) is 14.6 Å². The van der Waals surface area contributed by atoms with Gasteiger partial charge in [0, 0.05) is 37.8 Å². The molecule has 0 fully saturated rings. The molecule has 11 heteroatoms. The number of carbonyl (C=O) groups excluding carboxylic acids is 2. The van der Waals surface area contributed by atoms with Crippen LogP contribution in [0.3, 0.4) is 0 Å². The van der Waals surface area contributed by atoms with E-state index in [1.807, 2.05) is 10.7 Å². The number of aromatic nitrogens is 3. The number of alkyl halides is 3. The molecule has 0 aliphatic carbocycles. The molecule has 2 aliphatic rings. The summed E-state index contributed by atoms with van der Waals surface area (Å²) in [5.74, 6) is 0.297. The molecular weight excluding hydrogens is 403 g/mol. The fraction of sp³-hybridized carbons (Fsp3) is 0.474. The van der Waals surface area contributed by atoms with Crippen molar-refractivity contribution >= 4 is 17.6 Å². The van der Waals surface area contributed by atoms with E-state index in [1.54, 1.807) is 18.1 Å². The molecule has 0 saturated carbocycles. The Labute approximate surface area is 170 Å². The van der Waals surface area contributed by atoms with Crippen molar-refractivity contribution in [1.29, 1.82) is 0 Å². The first-order chi connectivity index (χ1) is 14.0. The van der Waals surface area contributed by atoms with E-state index in [9.17, 15) is 22.8 Å². The highest BCUT2D eigenvalue weighted by atomic mass is 19.4. The second-order valence-electron chi connectivity index (χ2n) is 7.37. The van der Waals surface area contributed by atoms with Crippen molar-refractivity contribution in [2.45, 2.75) is 51.1 Å². The lowest BCUT2D eigenvalue weighted by molar-refractivity contribution is -0.184. The number of nitrogens with zero attached hydrogens (tertiary/aromatic N) is 4. The topological polar surface area (TPSA) is 103 Å². The van der Waals surface area contributed by atoms with Crippen molar-refractivity contribution in [2.75, 3.05) is 11.9 Å². The molecule has 0 bridgehead atoms. The van der Waals surface area contributed by atoms with E-state index >= 15 is 0 Å². The number of anilines is 1. The maximum absolute atomic E-state index is 12.5. The number of nitrogens with two attached hydrogens (primary N) is 1. The van der Waals surface area contributed by atoms with E-state index in [0.717, 1.165) is 18.8 Å². The standard InChI is InChI=1S/C11H11F3N2O2.C8H11N3O/c1-10(5-11(12,13)14)7-2-8(9(15)17)16-3-6(7)4-18-10;1-10-7-4-5-9-11(7)6-2-3-8(10)12/h2-3H,4-5H2,1H3,(H2,15,17);4-5H,2-3,6H2,1H3. The second-order valence-corrected chi connectivity index (χ2v) is 7.37. The van der Waals surface area contributed by atoms with Crippen LogP contribution in [0.1, 0.15) is 47.8 Å². The Kier molecular flexibility index (Phi) is 5.84. The van der Waals surface area contributed by atoms with Crippen LogP contribution in [0, 0.1) is 0 Å². The molecule has 2 aliphatic heterocycles. The number of hydrogen-bond donors (Lipinski definition) is 1. The van der Waals surface area contributed by atoms with Gasteiger partial charge < -0.3 is 15.4 Å². The van der Waals surface area contributed by atoms with Crippen molar-refractivity contribution < 1.29 is 27.5 Å². The van der Waals surface area contributed by atoms with Gasteiger partial charge in [0.25, 0.3) is 5.91 Å². The van der Waals surface area contributed by atoms with E-state index in [0.29, 0.717) is 17.5 Å². The van der Waals surface area contributed by atoms with Gasteiger partial charge in [0.1, 0.15) is 11.5 Å². The summed E-state index contributed by atoms with van der Waals surface area (Å²) in [6, 6.07) is 3.14. The molecular formula is C19H22F3N5O3. The van der Waals surface area contributed by atoms with Gasteiger partial charge in [-0.15, -0.1) is 0 Å². The number of aryl methyl sites for hydroxylation is 1. The van der Waals surface area contributed by atoms with E-state index in [-0.39, 0.29) is 18.2 Å². The molecule has 4 heterocycles. The minimum Gasteiger partial charge on any atom is -0.365 e. The van der Waals surface area contributed by atoms with Gasteiger partial charge in [0.15, 0.2) is 0 Å². The normalized spacial score (nSPS) is 20.7. The van der Waals surface area contributed by atoms with Crippen LogP contribution < -0.4 is 10.6 Å². The summed E-state index contributed by atoms with van der Waals surface area (Å²) in [7, 11) is 1.79. The fourth-order valence-corrected chi connectivity index (χ4v) is 3.53. The first kappa shape index (κ1) is 21.8. The molecule has 4 rings (SSSR count). The van der Waals surface area contributed by atoms with Gasteiger partial charge in [-0.05, 0) is 25.0 Å². The zero-order valence-electron chi connectivity index (χ0n) is 16.6. The molecule has 2 N–H and O–H groups in total. The average Bonchev–Trinajstić information content (AvgIpc) is 3.21. The van der Waals surface area contributed by atoms with Crippen LogP contribution in [0.15, 0.2) is 24.5 Å². The molecule has 2 amide bonds. The third-order valence-corrected chi connectivity index (χ3v) is 5.07. The molecule has 8 nitrogen and oxygen atoms in total. The van der Waals surface area contributed by atoms with E-state index in [1.165, 1.54) is 19.2 Å². The van der Waals surface area contributed by atoms with Crippen molar-refractivity contribution in [3.05, 3.63) is 41.3 Å². The van der Waals surface area contributed by atoms with Gasteiger partial charge in [0.2, 0.25) is 5.91 Å². The zero-order chi connectivity index (χ0) is 22.1. The number of halogens is 3. The van der Waals surface area contributed by atoms with Crippen LogP contribution in [-0.2, 0) is 28.3 Å². The minimum absolute atomic E-state index is 0.0496. The van der Waals surface area contributed by atoms with Gasteiger partial charge in [-0.1, -0.05) is 0 Å². The van der Waals surface area contributed by atoms with Gasteiger partial charge in [-0.2, -0.15) is 18.3 Å². The highest BCUT2D eigenvalue weighted by molar-refractivity contribution is 5.92. The largest absolute Gasteiger partial charge is 0.392 e. The van der Waals surface area contributed by atoms with Crippen LogP contribution in [0.4, 0.5) is 19.0 Å². The minimum atomic E-state index is -4.35. The monoisotopic (exact) mass is 425 g/mol. The summed E-state index contributed by atoms with van der Waals surface area (Å²) in [5, 5.41) is 4.12. The summed E-state index contributed by atoms with van der Waals surface area (Å²) in [5.41, 5.74) is 4.38. The van der Waals surface area contributed by atoms with Crippen LogP contribution in [0.25, 0.3) is 0 Å². The highest BCUT2D eigenvalue weighted by Crippen LogP contribution is 2.43. The quantitative estimate of drug-likeness (QED) is 0.796. The SMILES string of the molecule is CC1(CC(F)(F)F)OCc2cnc(C(N)=O)cc21.CN1C(=O)CCCn2nccc21. The molecule has 1 atom stereocenters. The molecule has 30 heavy (non-hydrogen) atoms. The summed E-state index contributed by atoms with van der Waals surface area (Å²) in [6.07, 6.45) is -0.902. The maximum Gasteiger partial charge on any atom is 0.392 e. The molecule has 162 valence electrons. The Morgan fingerprint density at radius 1 is 1.40 bits per heavy atom. The number of primary amides is 1. The molecule has 2 aromatic rings. The number of amides is 2. The number of pyridine rings is 1. The lowest BCUT2D eigenvalue weighted by atomic mass is 9.91. The number of carbonyl (C=O) groups is 2. The first-order valence-electron chi connectivity index (χ1n) is 9.28. The molecule has 1 unspecified atom stereocenters. The van der Waals surface area contributed by atoms with E-state index < -0.39 is 24.1 Å². The lowest BCUT2D eigenvalue weighted by Gasteiger charge is -2.26. The van der Waals surface area contributed by atoms with Crippen LogP contribution in [0.2, 0.25) is 0 Å². The Morgan fingerprint density at radius 3 is 2.80 bits per heavy atom. The van der Waals surface area contributed by atoms with Crippen molar-refractivity contribution in [3.8, 4) is 0 Å². The highest BCUT2D eigenvalue weighted by Gasteiger charge is 2.45. The number of rotatable bonds is 2. The summed E-state index contributed by atoms with van der Waals surface area (Å²) in [6.45, 7) is 2.24. The van der Waals surface area contributed by atoms with Crippen molar-refractivity contribution in [3.63, 3.8) is 0 Å². The van der Waals surface area contributed by atoms with Crippen molar-refractivity contribution in [1.82, 2.24) is 14.8 Å². The van der Waals surface area contributed by atoms with Crippen LogP contribution in [-0.4, -0.2) is 39.8 Å². The summed E-state index contributed by atoms with van der Waals surface area (Å²) < 4.78 is 44.6. The lowest BCUT2D eigenvalue weighted by Crippen LogP contribution is -2.29. The summed E-state index contributed by atoms with van der Waals surface area (Å²) in [4.78, 5) is 27.8. The maximum atomic E-state index is 12.5. The molecule has 0 radical (unpaired) electrons. The Bertz CT molecular complexity index is 959. The fourth-order valence-electron chi connectivity index (χ4n) is 3.53. The number of hydrogen-bond acceptors (Lipinski definition) is 5. The van der Waals surface area contributed by atoms with Gasteiger partial charge >= 0.3 is 6.18 Å². The molecule has 0 spiro atoms. The third-order valence-electron chi connectivity index (χ3n) is 5.07. The van der Waals surface area contributed by atoms with E-state index in [2.05, 4.69) is 10.1 Å². The molecule has 2 aromatic heterocycles. The smallest absolute Gasteiger partial charge is 0.365 e. The van der Waals surface area contributed by atoms with Gasteiger partial charge in [-0.25, -0.2) is 4.68 Å². The number of fused-ring (bicyclic) bond motifs is 2. The van der Waals surface area contributed by atoms with Crippen LogP contribution >= 0.6 is 0 Å². The van der Waals surface area contributed by atoms with Gasteiger partial charge in [0.05, 0.1) is 24.8 Å². The predicted molar refractivity (Wildman–Crippen MR) is 100 cm³/mol. The van der Waals surface area contributed by atoms with Crippen LogP contribution in [0.5, 0.6) is 0 Å². The Morgan fingerprint density at radius 2 is 2.13 bits per heavy atom. The van der Waals surface area contributed by atoms with E-state index in [4.69, 9.17) is 10.5 Å². The third kappa shape index (κ3) is 4.61. The second kappa shape index (κ2) is 8.05. The summed E-state index contributed by atoms with van der Waals surface area (Å²) >= 11 is 0. The average molecular weight is 425 g/mol. The zero-order valence-corrected chi connectivity index (χ0v) is 16.6. The first-order valence-corrected chi connectivity index (χ1v) is 9.28. The number of ether oxygens (including phenoxy) is 1.